The Bertz CT molecular complexity index is 1780. The summed E-state index contributed by atoms with van der Waals surface area (Å²) in [6.07, 6.45) is 8.29. The fourth-order valence-corrected chi connectivity index (χ4v) is 5.01. The van der Waals surface area contributed by atoms with Crippen molar-refractivity contribution >= 4 is 17.7 Å². The molecule has 0 saturated heterocycles. The lowest BCUT2D eigenvalue weighted by atomic mass is 10.0. The number of benzene rings is 5. The van der Waals surface area contributed by atoms with Crippen LogP contribution in [0, 0.1) is 0 Å². The molecule has 2 N–H and O–H groups in total. The van der Waals surface area contributed by atoms with Crippen LogP contribution in [0.5, 0.6) is 23.0 Å². The predicted octanol–water partition coefficient (Wildman–Crippen LogP) is 9.36. The number of esters is 2. The Balaban J connectivity index is 0.000000217. The molecule has 0 unspecified atom stereocenters. The highest BCUT2D eigenvalue weighted by Gasteiger charge is 2.21. The van der Waals surface area contributed by atoms with Crippen LogP contribution in [0.2, 0.25) is 0 Å². The van der Waals surface area contributed by atoms with Crippen LogP contribution in [0.4, 0.5) is 0 Å². The molecule has 0 radical (unpaired) electrons. The van der Waals surface area contributed by atoms with Crippen LogP contribution in [0.15, 0.2) is 127 Å². The molecule has 7 heteroatoms. The molecule has 0 atom stereocenters. The van der Waals surface area contributed by atoms with E-state index in [2.05, 4.69) is 6.92 Å². The summed E-state index contributed by atoms with van der Waals surface area (Å²) in [7, 11) is 0. The standard InChI is InChI=1S/C21H26O3.C20H14O4/c1-2-3-4-5-6-7-12-17-13-8-11-16-20(17)24-21(23)18-14-9-10-15-19(18)22;21-16-12-7-13-17(24-20(23)15-10-5-2-6-11-15)18(16)19(22)14-8-3-1-4-9-14/h8-11,13-16,22H,2-7,12H2,1H3;1-13,21H. The van der Waals surface area contributed by atoms with Gasteiger partial charge in [0.15, 0.2) is 0 Å². The molecule has 5 aromatic rings. The molecule has 0 fully saturated rings. The molecule has 0 bridgehead atoms. The summed E-state index contributed by atoms with van der Waals surface area (Å²) in [6.45, 7) is 2.22. The fourth-order valence-electron chi connectivity index (χ4n) is 5.01. The van der Waals surface area contributed by atoms with Gasteiger partial charge in [0.05, 0.1) is 5.56 Å². The number of para-hydroxylation sites is 2. The van der Waals surface area contributed by atoms with Crippen molar-refractivity contribution in [2.75, 3.05) is 0 Å². The van der Waals surface area contributed by atoms with Gasteiger partial charge in [0.1, 0.15) is 34.1 Å². The number of ether oxygens (including phenoxy) is 2. The average Bonchev–Trinajstić information content (AvgIpc) is 3.11. The molecule has 246 valence electrons. The molecule has 0 heterocycles. The minimum atomic E-state index is -0.594. The van der Waals surface area contributed by atoms with E-state index in [0.717, 1.165) is 18.4 Å². The van der Waals surface area contributed by atoms with Crippen LogP contribution in [-0.2, 0) is 6.42 Å². The Morgan fingerprint density at radius 1 is 0.521 bits per heavy atom. The van der Waals surface area contributed by atoms with Gasteiger partial charge in [0.2, 0.25) is 5.78 Å². The number of phenolic OH excluding ortho intramolecular Hbond substituents is 2. The number of hydrogen-bond donors (Lipinski definition) is 2. The first-order valence-electron chi connectivity index (χ1n) is 16.2. The van der Waals surface area contributed by atoms with Gasteiger partial charge in [-0.05, 0) is 60.9 Å². The number of hydrogen-bond acceptors (Lipinski definition) is 7. The van der Waals surface area contributed by atoms with Gasteiger partial charge < -0.3 is 19.7 Å². The smallest absolute Gasteiger partial charge is 0.347 e. The molecule has 48 heavy (non-hydrogen) atoms. The zero-order valence-corrected chi connectivity index (χ0v) is 27.0. The molecule has 0 saturated carbocycles. The number of phenols is 2. The van der Waals surface area contributed by atoms with E-state index < -0.39 is 17.7 Å². The number of aromatic hydroxyl groups is 2. The zero-order valence-electron chi connectivity index (χ0n) is 27.0. The Kier molecular flexibility index (Phi) is 13.5. The number of rotatable bonds is 13. The molecule has 7 nitrogen and oxygen atoms in total. The molecule has 0 amide bonds. The van der Waals surface area contributed by atoms with Crippen LogP contribution < -0.4 is 9.47 Å². The zero-order chi connectivity index (χ0) is 34.1. The van der Waals surface area contributed by atoms with Crippen molar-refractivity contribution < 1.29 is 34.1 Å². The van der Waals surface area contributed by atoms with E-state index in [0.29, 0.717) is 16.9 Å². The molecule has 0 spiro atoms. The van der Waals surface area contributed by atoms with E-state index in [1.165, 1.54) is 56.4 Å². The maximum absolute atomic E-state index is 12.7. The highest BCUT2D eigenvalue weighted by Crippen LogP contribution is 2.31. The summed E-state index contributed by atoms with van der Waals surface area (Å²) in [5.41, 5.74) is 1.95. The van der Waals surface area contributed by atoms with E-state index in [9.17, 15) is 24.6 Å². The van der Waals surface area contributed by atoms with Crippen molar-refractivity contribution in [3.05, 3.63) is 155 Å². The first kappa shape index (κ1) is 35.2. The van der Waals surface area contributed by atoms with E-state index in [1.54, 1.807) is 78.9 Å². The normalized spacial score (nSPS) is 10.4. The molecule has 5 rings (SSSR count). The maximum Gasteiger partial charge on any atom is 0.347 e. The van der Waals surface area contributed by atoms with E-state index >= 15 is 0 Å². The van der Waals surface area contributed by atoms with Crippen molar-refractivity contribution in [3.8, 4) is 23.0 Å². The van der Waals surface area contributed by atoms with Gasteiger partial charge in [-0.25, -0.2) is 9.59 Å². The van der Waals surface area contributed by atoms with Crippen molar-refractivity contribution in [3.63, 3.8) is 0 Å². The minimum absolute atomic E-state index is 0.0257. The van der Waals surface area contributed by atoms with Gasteiger partial charge in [-0.3, -0.25) is 4.79 Å². The number of carbonyl (C=O) groups is 3. The number of ketones is 1. The van der Waals surface area contributed by atoms with Gasteiger partial charge >= 0.3 is 11.9 Å². The molecule has 0 aliphatic rings. The molecule has 5 aromatic carbocycles. The Morgan fingerprint density at radius 3 is 1.77 bits per heavy atom. The quantitative estimate of drug-likeness (QED) is 0.0569. The van der Waals surface area contributed by atoms with Gasteiger partial charge in [0.25, 0.3) is 0 Å². The predicted molar refractivity (Wildman–Crippen MR) is 186 cm³/mol. The first-order valence-corrected chi connectivity index (χ1v) is 16.2. The molecule has 0 aromatic heterocycles. The lowest BCUT2D eigenvalue weighted by Crippen LogP contribution is -2.12. The SMILES string of the molecule is CCCCCCCCc1ccccc1OC(=O)c1ccccc1O.O=C(Oc1cccc(O)c1C(=O)c1ccccc1)c1ccccc1. The van der Waals surface area contributed by atoms with Crippen LogP contribution in [-0.4, -0.2) is 27.9 Å². The summed E-state index contributed by atoms with van der Waals surface area (Å²) in [6, 6.07) is 35.4. The number of unbranched alkanes of at least 4 members (excludes halogenated alkanes) is 5. The number of aryl methyl sites for hydroxylation is 1. The van der Waals surface area contributed by atoms with Crippen molar-refractivity contribution in [2.45, 2.75) is 51.9 Å². The van der Waals surface area contributed by atoms with Crippen LogP contribution in [0.25, 0.3) is 0 Å². The van der Waals surface area contributed by atoms with Crippen LogP contribution in [0.1, 0.15) is 87.6 Å². The lowest BCUT2D eigenvalue weighted by Gasteiger charge is -2.11. The monoisotopic (exact) mass is 644 g/mol. The Hall–Kier alpha value is -5.69. The summed E-state index contributed by atoms with van der Waals surface area (Å²) >= 11 is 0. The highest BCUT2D eigenvalue weighted by atomic mass is 16.5. The van der Waals surface area contributed by atoms with Gasteiger partial charge in [-0.15, -0.1) is 0 Å². The van der Waals surface area contributed by atoms with E-state index in [-0.39, 0.29) is 28.4 Å². The van der Waals surface area contributed by atoms with Crippen molar-refractivity contribution in [1.82, 2.24) is 0 Å². The maximum atomic E-state index is 12.7. The lowest BCUT2D eigenvalue weighted by molar-refractivity contribution is 0.0720. The van der Waals surface area contributed by atoms with E-state index in [4.69, 9.17) is 9.47 Å². The molecular formula is C41H40O7. The Morgan fingerprint density at radius 2 is 1.06 bits per heavy atom. The van der Waals surface area contributed by atoms with Gasteiger partial charge in [0, 0.05) is 5.56 Å². The second-order valence-corrected chi connectivity index (χ2v) is 11.1. The molecule has 0 aliphatic heterocycles. The van der Waals surface area contributed by atoms with Crippen molar-refractivity contribution in [2.24, 2.45) is 0 Å². The third-order valence-electron chi connectivity index (χ3n) is 7.58. The molecular weight excluding hydrogens is 604 g/mol. The van der Waals surface area contributed by atoms with Crippen LogP contribution >= 0.6 is 0 Å². The largest absolute Gasteiger partial charge is 0.507 e. The second kappa shape index (κ2) is 18.5. The first-order chi connectivity index (χ1) is 23.4. The summed E-state index contributed by atoms with van der Waals surface area (Å²) < 4.78 is 10.8. The van der Waals surface area contributed by atoms with Crippen molar-refractivity contribution in [1.29, 1.82) is 0 Å². The van der Waals surface area contributed by atoms with Gasteiger partial charge in [-0.2, -0.15) is 0 Å². The Labute approximate surface area is 281 Å². The topological polar surface area (TPSA) is 110 Å². The third-order valence-corrected chi connectivity index (χ3v) is 7.58. The summed E-state index contributed by atoms with van der Waals surface area (Å²) in [4.78, 5) is 37.1. The fraction of sp³-hybridized carbons (Fsp3) is 0.195. The van der Waals surface area contributed by atoms with Crippen LogP contribution in [0.3, 0.4) is 0 Å². The van der Waals surface area contributed by atoms with E-state index in [1.807, 2.05) is 24.3 Å². The summed E-state index contributed by atoms with van der Waals surface area (Å²) in [5, 5.41) is 19.9. The highest BCUT2D eigenvalue weighted by molar-refractivity contribution is 6.13. The minimum Gasteiger partial charge on any atom is -0.507 e. The second-order valence-electron chi connectivity index (χ2n) is 11.1. The summed E-state index contributed by atoms with van der Waals surface area (Å²) in [5.74, 6) is -1.22. The third kappa shape index (κ3) is 10.2. The average molecular weight is 645 g/mol. The number of carbonyl (C=O) groups excluding carboxylic acids is 3. The van der Waals surface area contributed by atoms with Gasteiger partial charge in [-0.1, -0.05) is 124 Å². The molecule has 0 aliphatic carbocycles.